The average Bonchev–Trinajstić information content (AvgIpc) is 2.36. The van der Waals surface area contributed by atoms with Crippen LogP contribution in [0.25, 0.3) is 0 Å². The van der Waals surface area contributed by atoms with Gasteiger partial charge in [-0.2, -0.15) is 0 Å². The molecule has 1 aromatic rings. The van der Waals surface area contributed by atoms with Crippen molar-refractivity contribution in [2.45, 2.75) is 13.1 Å². The first-order chi connectivity index (χ1) is 8.21. The van der Waals surface area contributed by atoms with E-state index in [-0.39, 0.29) is 0 Å². The van der Waals surface area contributed by atoms with E-state index >= 15 is 0 Å². The maximum atomic E-state index is 5.69. The zero-order chi connectivity index (χ0) is 12.7. The summed E-state index contributed by atoms with van der Waals surface area (Å²) in [7, 11) is 5.46. The van der Waals surface area contributed by atoms with Gasteiger partial charge < -0.3 is 15.2 Å². The molecule has 1 rings (SSSR count). The van der Waals surface area contributed by atoms with Gasteiger partial charge in [0.15, 0.2) is 0 Å². The van der Waals surface area contributed by atoms with Gasteiger partial charge in [-0.05, 0) is 24.7 Å². The standard InChI is InChI=1S/C13H22N2O2/c1-15(6-7-16-2)10-11-4-5-13(17-3)12(8-11)9-14/h4-5,8H,6-7,9-10,14H2,1-3H3. The van der Waals surface area contributed by atoms with E-state index in [1.165, 1.54) is 5.56 Å². The van der Waals surface area contributed by atoms with Crippen LogP contribution in [0.15, 0.2) is 18.2 Å². The third-order valence-electron chi connectivity index (χ3n) is 2.69. The highest BCUT2D eigenvalue weighted by Crippen LogP contribution is 2.19. The maximum Gasteiger partial charge on any atom is 0.123 e. The van der Waals surface area contributed by atoms with E-state index in [1.807, 2.05) is 6.07 Å². The van der Waals surface area contributed by atoms with Crippen LogP contribution in [-0.2, 0) is 17.8 Å². The number of methoxy groups -OCH3 is 2. The lowest BCUT2D eigenvalue weighted by Gasteiger charge is -2.17. The van der Waals surface area contributed by atoms with Gasteiger partial charge in [-0.1, -0.05) is 6.07 Å². The number of rotatable bonds is 7. The maximum absolute atomic E-state index is 5.69. The van der Waals surface area contributed by atoms with Crippen LogP contribution in [0.5, 0.6) is 5.75 Å². The van der Waals surface area contributed by atoms with Crippen LogP contribution in [-0.4, -0.2) is 39.3 Å². The first-order valence-corrected chi connectivity index (χ1v) is 5.74. The topological polar surface area (TPSA) is 47.7 Å². The Kier molecular flexibility index (Phi) is 5.97. The smallest absolute Gasteiger partial charge is 0.123 e. The number of hydrogen-bond acceptors (Lipinski definition) is 4. The molecular weight excluding hydrogens is 216 g/mol. The van der Waals surface area contributed by atoms with Crippen molar-refractivity contribution in [1.82, 2.24) is 4.90 Å². The number of nitrogens with two attached hydrogens (primary N) is 1. The van der Waals surface area contributed by atoms with Gasteiger partial charge in [-0.3, -0.25) is 4.90 Å². The van der Waals surface area contributed by atoms with E-state index in [2.05, 4.69) is 24.1 Å². The zero-order valence-electron chi connectivity index (χ0n) is 10.9. The highest BCUT2D eigenvalue weighted by atomic mass is 16.5. The number of benzene rings is 1. The summed E-state index contributed by atoms with van der Waals surface area (Å²) in [6.45, 7) is 3.05. The molecule has 0 atom stereocenters. The normalized spacial score (nSPS) is 10.9. The highest BCUT2D eigenvalue weighted by molar-refractivity contribution is 5.37. The minimum Gasteiger partial charge on any atom is -0.496 e. The Morgan fingerprint density at radius 3 is 2.65 bits per heavy atom. The van der Waals surface area contributed by atoms with Crippen LogP contribution >= 0.6 is 0 Å². The lowest BCUT2D eigenvalue weighted by Crippen LogP contribution is -2.22. The fourth-order valence-electron chi connectivity index (χ4n) is 1.73. The van der Waals surface area contributed by atoms with E-state index in [4.69, 9.17) is 15.2 Å². The Morgan fingerprint density at radius 1 is 1.29 bits per heavy atom. The molecule has 0 aliphatic rings. The molecule has 96 valence electrons. The van der Waals surface area contributed by atoms with Crippen molar-refractivity contribution < 1.29 is 9.47 Å². The lowest BCUT2D eigenvalue weighted by molar-refractivity contribution is 0.158. The molecule has 0 saturated carbocycles. The molecule has 0 heterocycles. The minimum absolute atomic E-state index is 0.499. The molecule has 4 nitrogen and oxygen atoms in total. The molecule has 0 amide bonds. The van der Waals surface area contributed by atoms with Gasteiger partial charge in [0, 0.05) is 32.3 Å². The number of likely N-dealkylation sites (N-methyl/N-ethyl adjacent to an activating group) is 1. The molecular formula is C13H22N2O2. The summed E-state index contributed by atoms with van der Waals surface area (Å²) in [4.78, 5) is 2.21. The third kappa shape index (κ3) is 4.34. The van der Waals surface area contributed by atoms with Crippen molar-refractivity contribution in [1.29, 1.82) is 0 Å². The minimum atomic E-state index is 0.499. The largest absolute Gasteiger partial charge is 0.496 e. The Balaban J connectivity index is 2.65. The molecule has 0 saturated heterocycles. The van der Waals surface area contributed by atoms with Crippen LogP contribution in [0.1, 0.15) is 11.1 Å². The Bertz CT molecular complexity index is 342. The van der Waals surface area contributed by atoms with Gasteiger partial charge >= 0.3 is 0 Å². The second-order valence-corrected chi connectivity index (χ2v) is 4.08. The van der Waals surface area contributed by atoms with Gasteiger partial charge in [0.1, 0.15) is 5.75 Å². The van der Waals surface area contributed by atoms with E-state index in [0.717, 1.165) is 31.0 Å². The van der Waals surface area contributed by atoms with E-state index in [0.29, 0.717) is 6.54 Å². The average molecular weight is 238 g/mol. The SMILES string of the molecule is COCCN(C)Cc1ccc(OC)c(CN)c1. The van der Waals surface area contributed by atoms with Crippen LogP contribution in [0, 0.1) is 0 Å². The number of ether oxygens (including phenoxy) is 2. The molecule has 0 spiro atoms. The second-order valence-electron chi connectivity index (χ2n) is 4.08. The van der Waals surface area contributed by atoms with Crippen LogP contribution in [0.3, 0.4) is 0 Å². The van der Waals surface area contributed by atoms with Crippen molar-refractivity contribution in [3.8, 4) is 5.75 Å². The predicted octanol–water partition coefficient (Wildman–Crippen LogP) is 1.23. The molecule has 2 N–H and O–H groups in total. The number of hydrogen-bond donors (Lipinski definition) is 1. The number of nitrogens with zero attached hydrogens (tertiary/aromatic N) is 1. The molecule has 0 aliphatic carbocycles. The molecule has 0 aromatic heterocycles. The fraction of sp³-hybridized carbons (Fsp3) is 0.538. The van der Waals surface area contributed by atoms with Gasteiger partial charge in [0.25, 0.3) is 0 Å². The molecule has 0 aliphatic heterocycles. The summed E-state index contributed by atoms with van der Waals surface area (Å²) in [6.07, 6.45) is 0. The van der Waals surface area contributed by atoms with E-state index in [9.17, 15) is 0 Å². The summed E-state index contributed by atoms with van der Waals surface area (Å²) < 4.78 is 10.3. The van der Waals surface area contributed by atoms with Crippen LogP contribution < -0.4 is 10.5 Å². The summed E-state index contributed by atoms with van der Waals surface area (Å²) in [6, 6.07) is 6.14. The van der Waals surface area contributed by atoms with Crippen molar-refractivity contribution in [3.05, 3.63) is 29.3 Å². The van der Waals surface area contributed by atoms with Crippen LogP contribution in [0.2, 0.25) is 0 Å². The van der Waals surface area contributed by atoms with Crippen molar-refractivity contribution in [2.24, 2.45) is 5.73 Å². The quantitative estimate of drug-likeness (QED) is 0.776. The summed E-state index contributed by atoms with van der Waals surface area (Å²) >= 11 is 0. The van der Waals surface area contributed by atoms with Gasteiger partial charge in [-0.15, -0.1) is 0 Å². The first-order valence-electron chi connectivity index (χ1n) is 5.74. The summed E-state index contributed by atoms with van der Waals surface area (Å²) in [5.74, 6) is 0.857. The second kappa shape index (κ2) is 7.27. The van der Waals surface area contributed by atoms with Crippen LogP contribution in [0.4, 0.5) is 0 Å². The predicted molar refractivity (Wildman–Crippen MR) is 69.1 cm³/mol. The zero-order valence-corrected chi connectivity index (χ0v) is 10.9. The van der Waals surface area contributed by atoms with Crippen molar-refractivity contribution >= 4 is 0 Å². The van der Waals surface area contributed by atoms with Gasteiger partial charge in [-0.25, -0.2) is 0 Å². The fourth-order valence-corrected chi connectivity index (χ4v) is 1.73. The third-order valence-corrected chi connectivity index (χ3v) is 2.69. The van der Waals surface area contributed by atoms with Gasteiger partial charge in [0.05, 0.1) is 13.7 Å². The summed E-state index contributed by atoms with van der Waals surface area (Å²) in [5, 5.41) is 0. The van der Waals surface area contributed by atoms with E-state index in [1.54, 1.807) is 14.2 Å². The monoisotopic (exact) mass is 238 g/mol. The van der Waals surface area contributed by atoms with Crippen molar-refractivity contribution in [3.63, 3.8) is 0 Å². The molecule has 0 fully saturated rings. The summed E-state index contributed by atoms with van der Waals surface area (Å²) in [5.41, 5.74) is 7.98. The molecule has 0 radical (unpaired) electrons. The first kappa shape index (κ1) is 14.0. The molecule has 4 heteroatoms. The van der Waals surface area contributed by atoms with E-state index < -0.39 is 0 Å². The molecule has 0 unspecified atom stereocenters. The Morgan fingerprint density at radius 2 is 2.06 bits per heavy atom. The molecule has 17 heavy (non-hydrogen) atoms. The molecule has 0 bridgehead atoms. The van der Waals surface area contributed by atoms with Crippen molar-refractivity contribution in [2.75, 3.05) is 34.4 Å². The highest BCUT2D eigenvalue weighted by Gasteiger charge is 2.05. The Hall–Kier alpha value is -1.10. The molecule has 1 aromatic carbocycles. The Labute approximate surface area is 103 Å². The van der Waals surface area contributed by atoms with Gasteiger partial charge in [0.2, 0.25) is 0 Å². The lowest BCUT2D eigenvalue weighted by atomic mass is 10.1.